The Bertz CT molecular complexity index is 685. The highest BCUT2D eigenvalue weighted by molar-refractivity contribution is 5.82. The van der Waals surface area contributed by atoms with Gasteiger partial charge in [-0.3, -0.25) is 9.59 Å². The number of rotatable bonds is 7. The third kappa shape index (κ3) is 6.43. The number of unbranched alkanes of at least 4 members (excludes halogenated alkanes) is 1. The average molecular weight is 488 g/mol. The summed E-state index contributed by atoms with van der Waals surface area (Å²) in [6.07, 6.45) is 2.30. The van der Waals surface area contributed by atoms with Crippen LogP contribution in [0.4, 0.5) is 13.2 Å². The Hall–Kier alpha value is -1.39. The van der Waals surface area contributed by atoms with Crippen molar-refractivity contribution in [3.8, 4) is 0 Å². The first-order valence-corrected chi connectivity index (χ1v) is 13.1. The van der Waals surface area contributed by atoms with Crippen LogP contribution in [0.1, 0.15) is 51.4 Å². The second-order valence-corrected chi connectivity index (χ2v) is 10.6. The van der Waals surface area contributed by atoms with Crippen LogP contribution < -0.4 is 21.3 Å². The van der Waals surface area contributed by atoms with Crippen molar-refractivity contribution in [2.45, 2.75) is 69.6 Å². The molecule has 5 unspecified atom stereocenters. The Labute approximate surface area is 200 Å². The van der Waals surface area contributed by atoms with E-state index in [4.69, 9.17) is 0 Å². The van der Waals surface area contributed by atoms with Gasteiger partial charge in [0.15, 0.2) is 0 Å². The molecule has 0 saturated carbocycles. The molecular formula is C24H40F3N5O2. The topological polar surface area (TPSA) is 85.5 Å². The number of nitrogens with zero attached hydrogens (tertiary/aromatic N) is 1. The lowest BCUT2D eigenvalue weighted by atomic mass is 9.83. The molecule has 194 valence electrons. The zero-order chi connectivity index (χ0) is 24.1. The number of hydrogen-bond donors (Lipinski definition) is 4. The van der Waals surface area contributed by atoms with E-state index in [1.807, 2.05) is 0 Å². The number of nitrogens with one attached hydrogen (secondary N) is 4. The largest absolute Gasteiger partial charge is 0.392 e. The highest BCUT2D eigenvalue weighted by Gasteiger charge is 2.49. The van der Waals surface area contributed by atoms with E-state index in [9.17, 15) is 22.8 Å². The van der Waals surface area contributed by atoms with E-state index in [0.717, 1.165) is 58.0 Å². The molecule has 5 atom stereocenters. The minimum absolute atomic E-state index is 0.0257. The molecule has 0 aromatic carbocycles. The molecule has 10 heteroatoms. The van der Waals surface area contributed by atoms with Crippen molar-refractivity contribution >= 4 is 11.8 Å². The molecule has 4 N–H and O–H groups in total. The molecular weight excluding hydrogens is 447 g/mol. The molecule has 2 amide bonds. The summed E-state index contributed by atoms with van der Waals surface area (Å²) in [6, 6.07) is 0.386. The van der Waals surface area contributed by atoms with E-state index < -0.39 is 18.0 Å². The van der Waals surface area contributed by atoms with Crippen LogP contribution in [0.15, 0.2) is 0 Å². The molecule has 4 saturated heterocycles. The molecule has 0 aromatic heterocycles. The first-order valence-electron chi connectivity index (χ1n) is 13.1. The van der Waals surface area contributed by atoms with Crippen LogP contribution in [0.25, 0.3) is 0 Å². The maximum absolute atomic E-state index is 13.4. The molecule has 0 spiro atoms. The van der Waals surface area contributed by atoms with Crippen LogP contribution in [0.3, 0.4) is 0 Å². The van der Waals surface area contributed by atoms with Crippen molar-refractivity contribution < 1.29 is 22.8 Å². The van der Waals surface area contributed by atoms with Gasteiger partial charge in [-0.15, -0.1) is 0 Å². The number of likely N-dealkylation sites (tertiary alicyclic amines) is 1. The monoisotopic (exact) mass is 487 g/mol. The van der Waals surface area contributed by atoms with Gasteiger partial charge in [-0.1, -0.05) is 12.8 Å². The number of fused-ring (bicyclic) bond motifs is 1. The normalized spacial score (nSPS) is 32.9. The molecule has 4 heterocycles. The summed E-state index contributed by atoms with van der Waals surface area (Å²) in [6.45, 7) is 4.20. The summed E-state index contributed by atoms with van der Waals surface area (Å²) in [7, 11) is 0. The average Bonchev–Trinajstić information content (AvgIpc) is 3.28. The maximum atomic E-state index is 13.4. The molecule has 34 heavy (non-hydrogen) atoms. The zero-order valence-electron chi connectivity index (χ0n) is 20.0. The van der Waals surface area contributed by atoms with E-state index in [1.54, 1.807) is 4.90 Å². The van der Waals surface area contributed by atoms with Crippen LogP contribution in [-0.2, 0) is 9.59 Å². The zero-order valence-corrected chi connectivity index (χ0v) is 20.0. The third-order valence-corrected chi connectivity index (χ3v) is 8.36. The van der Waals surface area contributed by atoms with Crippen molar-refractivity contribution in [2.24, 2.45) is 23.7 Å². The van der Waals surface area contributed by atoms with Crippen molar-refractivity contribution in [3.63, 3.8) is 0 Å². The molecule has 4 rings (SSSR count). The molecule has 0 aromatic rings. The van der Waals surface area contributed by atoms with Crippen molar-refractivity contribution in [1.82, 2.24) is 26.2 Å². The van der Waals surface area contributed by atoms with E-state index in [0.29, 0.717) is 44.1 Å². The van der Waals surface area contributed by atoms with Crippen LogP contribution >= 0.6 is 0 Å². The molecule has 0 radical (unpaired) electrons. The number of carbonyl (C=O) groups excluding carboxylic acids is 2. The number of carbonyl (C=O) groups is 2. The second-order valence-electron chi connectivity index (χ2n) is 10.6. The molecule has 4 aliphatic rings. The van der Waals surface area contributed by atoms with Gasteiger partial charge in [0.25, 0.3) is 0 Å². The first kappa shape index (κ1) is 25.7. The lowest BCUT2D eigenvalue weighted by Crippen LogP contribution is -2.52. The highest BCUT2D eigenvalue weighted by atomic mass is 19.4. The summed E-state index contributed by atoms with van der Waals surface area (Å²) in [5.74, 6) is -1.72. The second kappa shape index (κ2) is 11.6. The summed E-state index contributed by atoms with van der Waals surface area (Å²) in [5.41, 5.74) is 0. The summed E-state index contributed by atoms with van der Waals surface area (Å²) < 4.78 is 40.1. The van der Waals surface area contributed by atoms with Crippen molar-refractivity contribution in [3.05, 3.63) is 0 Å². The highest BCUT2D eigenvalue weighted by Crippen LogP contribution is 2.37. The van der Waals surface area contributed by atoms with Crippen LogP contribution in [0, 0.1) is 23.7 Å². The molecule has 4 aliphatic heterocycles. The first-order chi connectivity index (χ1) is 16.3. The summed E-state index contributed by atoms with van der Waals surface area (Å²) >= 11 is 0. The Morgan fingerprint density at radius 3 is 2.44 bits per heavy atom. The predicted octanol–water partition coefficient (Wildman–Crippen LogP) is 1.64. The van der Waals surface area contributed by atoms with Gasteiger partial charge in [0.1, 0.15) is 0 Å². The van der Waals surface area contributed by atoms with Gasteiger partial charge in [0.2, 0.25) is 11.8 Å². The van der Waals surface area contributed by atoms with E-state index in [2.05, 4.69) is 21.3 Å². The molecule has 0 aliphatic carbocycles. The fourth-order valence-electron chi connectivity index (χ4n) is 6.28. The number of amides is 2. The van der Waals surface area contributed by atoms with E-state index in [-0.39, 0.29) is 30.8 Å². The fourth-order valence-corrected chi connectivity index (χ4v) is 6.28. The van der Waals surface area contributed by atoms with Gasteiger partial charge in [0.05, 0.1) is 17.9 Å². The number of hydrogen-bond acceptors (Lipinski definition) is 5. The number of alkyl halides is 3. The minimum Gasteiger partial charge on any atom is -0.355 e. The van der Waals surface area contributed by atoms with Gasteiger partial charge in [-0.2, -0.15) is 13.2 Å². The van der Waals surface area contributed by atoms with Crippen molar-refractivity contribution in [1.29, 1.82) is 0 Å². The molecule has 0 bridgehead atoms. The standard InChI is InChI=1S/C24H40F3N5O2/c25-24(26,27)19-4-9-29-15-18(19)23(34)32-11-6-16(7-12-32)3-1-2-8-30-22(33)21-13-17-14-28-10-5-20(17)31-21/h16-21,28-29,31H,1-15H2,(H,30,33). The van der Waals surface area contributed by atoms with Gasteiger partial charge >= 0.3 is 6.18 Å². The van der Waals surface area contributed by atoms with Gasteiger partial charge in [-0.25, -0.2) is 0 Å². The van der Waals surface area contributed by atoms with Gasteiger partial charge in [0, 0.05) is 32.2 Å². The molecule has 4 fully saturated rings. The van der Waals surface area contributed by atoms with E-state index in [1.165, 1.54) is 0 Å². The Balaban J connectivity index is 1.10. The Morgan fingerprint density at radius 1 is 0.971 bits per heavy atom. The molecule has 7 nitrogen and oxygen atoms in total. The lowest BCUT2D eigenvalue weighted by Gasteiger charge is -2.38. The SMILES string of the molecule is O=C(NCCCCC1CCN(C(=O)C2CNCCC2C(F)(F)F)CC1)C1CC2CNCCC2N1. The summed E-state index contributed by atoms with van der Waals surface area (Å²) in [4.78, 5) is 26.9. The quantitative estimate of drug-likeness (QED) is 0.411. The minimum atomic E-state index is -4.32. The van der Waals surface area contributed by atoms with Crippen molar-refractivity contribution in [2.75, 3.05) is 45.8 Å². The third-order valence-electron chi connectivity index (χ3n) is 8.36. The van der Waals surface area contributed by atoms with Crippen LogP contribution in [0.2, 0.25) is 0 Å². The lowest BCUT2D eigenvalue weighted by molar-refractivity contribution is -0.199. The van der Waals surface area contributed by atoms with Crippen LogP contribution in [0.5, 0.6) is 0 Å². The van der Waals surface area contributed by atoms with Gasteiger partial charge in [-0.05, 0) is 70.0 Å². The van der Waals surface area contributed by atoms with E-state index >= 15 is 0 Å². The van der Waals surface area contributed by atoms with Gasteiger partial charge < -0.3 is 26.2 Å². The Morgan fingerprint density at radius 2 is 1.71 bits per heavy atom. The summed E-state index contributed by atoms with van der Waals surface area (Å²) in [5, 5.41) is 12.9. The fraction of sp³-hybridized carbons (Fsp3) is 0.917. The Kier molecular flexibility index (Phi) is 8.74. The smallest absolute Gasteiger partial charge is 0.355 e. The number of piperidine rings is 3. The predicted molar refractivity (Wildman–Crippen MR) is 123 cm³/mol. The number of halogens is 3. The maximum Gasteiger partial charge on any atom is 0.392 e. The van der Waals surface area contributed by atoms with Crippen LogP contribution in [-0.4, -0.2) is 80.8 Å².